The Morgan fingerprint density at radius 2 is 1.86 bits per heavy atom. The summed E-state index contributed by atoms with van der Waals surface area (Å²) in [6, 6.07) is 13.0. The van der Waals surface area contributed by atoms with Gasteiger partial charge in [0.1, 0.15) is 5.75 Å². The molecule has 3 amide bonds. The maximum absolute atomic E-state index is 12.8. The van der Waals surface area contributed by atoms with Crippen molar-refractivity contribution in [3.05, 3.63) is 53.6 Å². The highest BCUT2D eigenvalue weighted by atomic mass is 16.5. The minimum Gasteiger partial charge on any atom is -0.495 e. The zero-order valence-corrected chi connectivity index (χ0v) is 16.8. The number of hydrogen-bond acceptors (Lipinski definition) is 4. The molecular weight excluding hydrogens is 370 g/mol. The Morgan fingerprint density at radius 3 is 2.52 bits per heavy atom. The van der Waals surface area contributed by atoms with Crippen LogP contribution in [0.15, 0.2) is 42.5 Å². The number of ether oxygens (including phenoxy) is 1. The molecule has 0 aliphatic carbocycles. The first-order chi connectivity index (χ1) is 13.9. The van der Waals surface area contributed by atoms with Gasteiger partial charge in [-0.1, -0.05) is 29.8 Å². The number of nitrogens with one attached hydrogen (secondary N) is 2. The summed E-state index contributed by atoms with van der Waals surface area (Å²) in [5.41, 5.74) is 3.20. The molecule has 152 valence electrons. The van der Waals surface area contributed by atoms with Gasteiger partial charge < -0.3 is 20.3 Å². The summed E-state index contributed by atoms with van der Waals surface area (Å²) in [6.45, 7) is 4.28. The van der Waals surface area contributed by atoms with Crippen LogP contribution in [0.2, 0.25) is 0 Å². The van der Waals surface area contributed by atoms with Crippen LogP contribution in [0.4, 0.5) is 11.4 Å². The van der Waals surface area contributed by atoms with Crippen molar-refractivity contribution in [1.29, 1.82) is 0 Å². The molecule has 1 atom stereocenters. The topological polar surface area (TPSA) is 87.7 Å². The van der Waals surface area contributed by atoms with E-state index in [0.717, 1.165) is 11.1 Å². The predicted octanol–water partition coefficient (Wildman–Crippen LogP) is 2.95. The zero-order valence-electron chi connectivity index (χ0n) is 16.8. The third kappa shape index (κ3) is 5.13. The third-order valence-electron chi connectivity index (χ3n) is 4.86. The zero-order chi connectivity index (χ0) is 21.0. The lowest BCUT2D eigenvalue weighted by Gasteiger charge is -2.17. The number of rotatable bonds is 6. The smallest absolute Gasteiger partial charge is 0.229 e. The summed E-state index contributed by atoms with van der Waals surface area (Å²) >= 11 is 0. The van der Waals surface area contributed by atoms with E-state index in [4.69, 9.17) is 4.74 Å². The molecule has 3 rings (SSSR count). The van der Waals surface area contributed by atoms with E-state index in [9.17, 15) is 14.4 Å². The van der Waals surface area contributed by atoms with Gasteiger partial charge in [-0.25, -0.2) is 0 Å². The molecule has 1 heterocycles. The number of amides is 3. The van der Waals surface area contributed by atoms with Crippen molar-refractivity contribution in [3.63, 3.8) is 0 Å². The quantitative estimate of drug-likeness (QED) is 0.787. The lowest BCUT2D eigenvalue weighted by molar-refractivity contribution is -0.128. The Bertz CT molecular complexity index is 924. The fraction of sp³-hybridized carbons (Fsp3) is 0.318. The molecule has 2 N–H and O–H groups in total. The lowest BCUT2D eigenvalue weighted by atomic mass is 10.1. The maximum atomic E-state index is 12.8. The largest absolute Gasteiger partial charge is 0.495 e. The van der Waals surface area contributed by atoms with Crippen molar-refractivity contribution in [1.82, 2.24) is 4.90 Å². The second kappa shape index (κ2) is 8.77. The van der Waals surface area contributed by atoms with E-state index in [2.05, 4.69) is 10.6 Å². The molecule has 2 aromatic rings. The maximum Gasteiger partial charge on any atom is 0.229 e. The Kier molecular flexibility index (Phi) is 6.16. The van der Waals surface area contributed by atoms with Gasteiger partial charge in [-0.3, -0.25) is 14.4 Å². The van der Waals surface area contributed by atoms with E-state index in [0.29, 0.717) is 30.2 Å². The number of likely N-dealkylation sites (tertiary alicyclic amines) is 1. The molecule has 2 aromatic carbocycles. The van der Waals surface area contributed by atoms with Gasteiger partial charge in [0.2, 0.25) is 17.7 Å². The Labute approximate surface area is 170 Å². The molecule has 0 radical (unpaired) electrons. The third-order valence-corrected chi connectivity index (χ3v) is 4.86. The van der Waals surface area contributed by atoms with Crippen molar-refractivity contribution >= 4 is 29.1 Å². The van der Waals surface area contributed by atoms with Crippen LogP contribution < -0.4 is 15.4 Å². The van der Waals surface area contributed by atoms with Crippen LogP contribution >= 0.6 is 0 Å². The highest BCUT2D eigenvalue weighted by molar-refractivity contribution is 5.99. The van der Waals surface area contributed by atoms with Gasteiger partial charge >= 0.3 is 0 Å². The first-order valence-corrected chi connectivity index (χ1v) is 9.45. The summed E-state index contributed by atoms with van der Waals surface area (Å²) in [7, 11) is 1.51. The summed E-state index contributed by atoms with van der Waals surface area (Å²) in [6.07, 6.45) is 0.172. The minimum absolute atomic E-state index is 0.0373. The Morgan fingerprint density at radius 1 is 1.14 bits per heavy atom. The molecule has 0 unspecified atom stereocenters. The number of nitrogens with zero attached hydrogens (tertiary/aromatic N) is 1. The first kappa shape index (κ1) is 20.4. The molecule has 29 heavy (non-hydrogen) atoms. The van der Waals surface area contributed by atoms with E-state index < -0.39 is 5.92 Å². The summed E-state index contributed by atoms with van der Waals surface area (Å²) in [4.78, 5) is 38.1. The highest BCUT2D eigenvalue weighted by Crippen LogP contribution is 2.29. The van der Waals surface area contributed by atoms with Gasteiger partial charge in [0.25, 0.3) is 0 Å². The highest BCUT2D eigenvalue weighted by Gasteiger charge is 2.34. The molecule has 1 aliphatic heterocycles. The van der Waals surface area contributed by atoms with Crippen LogP contribution in [0.5, 0.6) is 5.75 Å². The molecule has 0 saturated carbocycles. The number of methoxy groups -OCH3 is 1. The van der Waals surface area contributed by atoms with Gasteiger partial charge in [-0.15, -0.1) is 0 Å². The summed E-state index contributed by atoms with van der Waals surface area (Å²) in [5.74, 6) is -0.455. The van der Waals surface area contributed by atoms with Crippen LogP contribution in [0, 0.1) is 12.8 Å². The van der Waals surface area contributed by atoms with E-state index in [1.54, 1.807) is 23.1 Å². The lowest BCUT2D eigenvalue weighted by Crippen LogP contribution is -2.28. The van der Waals surface area contributed by atoms with Gasteiger partial charge in [0.15, 0.2) is 0 Å². The van der Waals surface area contributed by atoms with Crippen LogP contribution in [0.1, 0.15) is 24.5 Å². The average Bonchev–Trinajstić information content (AvgIpc) is 3.04. The summed E-state index contributed by atoms with van der Waals surface area (Å²) in [5, 5.41) is 5.51. The minimum atomic E-state index is -0.443. The molecule has 0 spiro atoms. The number of aryl methyl sites for hydroxylation is 1. The SMILES string of the molecule is COc1ccc(NC(C)=O)cc1NC(=O)[C@H]1CC(=O)N(Cc2ccc(C)cc2)C1. The standard InChI is InChI=1S/C22H25N3O4/c1-14-4-6-16(7-5-14)12-25-13-17(10-21(25)27)22(28)24-19-11-18(23-15(2)26)8-9-20(19)29-3/h4-9,11,17H,10,12-13H2,1-3H3,(H,23,26)(H,24,28)/t17-/m0/s1. The van der Waals surface area contributed by atoms with Crippen molar-refractivity contribution in [2.24, 2.45) is 5.92 Å². The van der Waals surface area contributed by atoms with E-state index >= 15 is 0 Å². The second-order valence-corrected chi connectivity index (χ2v) is 7.25. The monoisotopic (exact) mass is 395 g/mol. The van der Waals surface area contributed by atoms with Gasteiger partial charge in [-0.05, 0) is 30.7 Å². The number of carbonyl (C=O) groups excluding carboxylic acids is 3. The Hall–Kier alpha value is -3.35. The molecule has 7 nitrogen and oxygen atoms in total. The number of anilines is 2. The van der Waals surface area contributed by atoms with Gasteiger partial charge in [0.05, 0.1) is 18.7 Å². The molecule has 0 aromatic heterocycles. The van der Waals surface area contributed by atoms with Crippen LogP contribution in [0.3, 0.4) is 0 Å². The first-order valence-electron chi connectivity index (χ1n) is 9.45. The van der Waals surface area contributed by atoms with E-state index in [1.807, 2.05) is 31.2 Å². The number of carbonyl (C=O) groups is 3. The molecule has 1 fully saturated rings. The fourth-order valence-electron chi connectivity index (χ4n) is 3.34. The van der Waals surface area contributed by atoms with Crippen LogP contribution in [0.25, 0.3) is 0 Å². The van der Waals surface area contributed by atoms with E-state index in [1.165, 1.54) is 14.0 Å². The molecule has 0 bridgehead atoms. The van der Waals surface area contributed by atoms with Crippen molar-refractivity contribution in [2.45, 2.75) is 26.8 Å². The average molecular weight is 395 g/mol. The van der Waals surface area contributed by atoms with Crippen molar-refractivity contribution in [3.8, 4) is 5.75 Å². The molecule has 1 saturated heterocycles. The normalized spacial score (nSPS) is 15.9. The van der Waals surface area contributed by atoms with Gasteiger partial charge in [0, 0.05) is 32.1 Å². The van der Waals surface area contributed by atoms with Crippen molar-refractivity contribution in [2.75, 3.05) is 24.3 Å². The van der Waals surface area contributed by atoms with Crippen molar-refractivity contribution < 1.29 is 19.1 Å². The predicted molar refractivity (Wildman–Crippen MR) is 111 cm³/mol. The second-order valence-electron chi connectivity index (χ2n) is 7.25. The number of benzene rings is 2. The molecule has 7 heteroatoms. The van der Waals surface area contributed by atoms with Crippen LogP contribution in [-0.2, 0) is 20.9 Å². The van der Waals surface area contributed by atoms with Gasteiger partial charge in [-0.2, -0.15) is 0 Å². The van der Waals surface area contributed by atoms with Crippen LogP contribution in [-0.4, -0.2) is 36.3 Å². The summed E-state index contributed by atoms with van der Waals surface area (Å²) < 4.78 is 5.29. The molecular formula is C22H25N3O4. The fourth-order valence-corrected chi connectivity index (χ4v) is 3.34. The number of hydrogen-bond donors (Lipinski definition) is 2. The Balaban J connectivity index is 1.67. The van der Waals surface area contributed by atoms with E-state index in [-0.39, 0.29) is 24.1 Å². The molecule has 1 aliphatic rings.